The van der Waals surface area contributed by atoms with Crippen molar-refractivity contribution in [2.45, 2.75) is 17.9 Å². The Morgan fingerprint density at radius 3 is 2.17 bits per heavy atom. The minimum absolute atomic E-state index is 0.0715. The number of aliphatic carboxylic acids is 1. The maximum atomic E-state index is 12.7. The SMILES string of the molecule is O=C(O)CNC(=O)C1=C(O)CCN(Cc2ccc(-c3ccc(S(=O)(=O)NCCO)cc3)cc2)C1=O. The molecule has 186 valence electrons. The van der Waals surface area contributed by atoms with Crippen molar-refractivity contribution >= 4 is 27.8 Å². The number of rotatable bonds is 10. The third kappa shape index (κ3) is 6.44. The lowest BCUT2D eigenvalue weighted by atomic mass is 10.0. The normalized spacial score (nSPS) is 14.2. The fourth-order valence-electron chi connectivity index (χ4n) is 3.49. The van der Waals surface area contributed by atoms with Gasteiger partial charge in [0.2, 0.25) is 10.0 Å². The lowest BCUT2D eigenvalue weighted by Crippen LogP contribution is -2.43. The van der Waals surface area contributed by atoms with Crippen LogP contribution in [0.15, 0.2) is 64.8 Å². The number of hydrogen-bond donors (Lipinski definition) is 5. The number of carbonyl (C=O) groups is 3. The number of carboxylic acid groups (broad SMARTS) is 1. The number of carboxylic acids is 1. The highest BCUT2D eigenvalue weighted by Crippen LogP contribution is 2.24. The first-order valence-electron chi connectivity index (χ1n) is 10.6. The molecule has 1 aliphatic heterocycles. The summed E-state index contributed by atoms with van der Waals surface area (Å²) in [6.45, 7) is -0.674. The molecule has 0 aromatic heterocycles. The molecule has 35 heavy (non-hydrogen) atoms. The van der Waals surface area contributed by atoms with Gasteiger partial charge in [0.25, 0.3) is 11.8 Å². The molecular formula is C23H25N3O8S. The van der Waals surface area contributed by atoms with Crippen LogP contribution in [0.25, 0.3) is 11.1 Å². The van der Waals surface area contributed by atoms with E-state index in [1.807, 2.05) is 12.1 Å². The zero-order chi connectivity index (χ0) is 25.6. The molecule has 0 bridgehead atoms. The van der Waals surface area contributed by atoms with E-state index in [9.17, 15) is 27.9 Å². The van der Waals surface area contributed by atoms with Gasteiger partial charge in [-0.15, -0.1) is 0 Å². The van der Waals surface area contributed by atoms with Crippen molar-refractivity contribution < 1.29 is 38.1 Å². The molecule has 0 saturated heterocycles. The predicted molar refractivity (Wildman–Crippen MR) is 124 cm³/mol. The molecule has 11 nitrogen and oxygen atoms in total. The van der Waals surface area contributed by atoms with E-state index in [-0.39, 0.29) is 43.3 Å². The van der Waals surface area contributed by atoms with Crippen molar-refractivity contribution in [3.8, 4) is 11.1 Å². The largest absolute Gasteiger partial charge is 0.511 e. The molecule has 0 spiro atoms. The van der Waals surface area contributed by atoms with Crippen LogP contribution in [-0.2, 0) is 31.0 Å². The van der Waals surface area contributed by atoms with Crippen molar-refractivity contribution in [1.82, 2.24) is 14.9 Å². The van der Waals surface area contributed by atoms with E-state index in [1.165, 1.54) is 17.0 Å². The minimum Gasteiger partial charge on any atom is -0.511 e. The van der Waals surface area contributed by atoms with E-state index in [4.69, 9.17) is 10.2 Å². The van der Waals surface area contributed by atoms with E-state index >= 15 is 0 Å². The van der Waals surface area contributed by atoms with Crippen LogP contribution in [-0.4, -0.2) is 72.7 Å². The zero-order valence-electron chi connectivity index (χ0n) is 18.6. The monoisotopic (exact) mass is 503 g/mol. The number of nitrogens with zero attached hydrogens (tertiary/aromatic N) is 1. The maximum absolute atomic E-state index is 12.7. The molecule has 12 heteroatoms. The number of aliphatic hydroxyl groups is 2. The Labute approximate surface area is 201 Å². The molecule has 0 radical (unpaired) electrons. The number of benzene rings is 2. The topological polar surface area (TPSA) is 173 Å². The highest BCUT2D eigenvalue weighted by atomic mass is 32.2. The smallest absolute Gasteiger partial charge is 0.322 e. The van der Waals surface area contributed by atoms with Crippen molar-refractivity contribution in [3.05, 3.63) is 65.4 Å². The van der Waals surface area contributed by atoms with Gasteiger partial charge in [0.15, 0.2) is 0 Å². The third-order valence-corrected chi connectivity index (χ3v) is 6.74. The molecule has 3 rings (SSSR count). The summed E-state index contributed by atoms with van der Waals surface area (Å²) in [7, 11) is -3.70. The summed E-state index contributed by atoms with van der Waals surface area (Å²) in [5.41, 5.74) is 1.90. The van der Waals surface area contributed by atoms with Gasteiger partial charge in [0.05, 0.1) is 11.5 Å². The molecule has 2 aromatic carbocycles. The number of aliphatic hydroxyl groups excluding tert-OH is 2. The maximum Gasteiger partial charge on any atom is 0.322 e. The van der Waals surface area contributed by atoms with Gasteiger partial charge in [-0.1, -0.05) is 36.4 Å². The quantitative estimate of drug-likeness (QED) is 0.289. The van der Waals surface area contributed by atoms with E-state index < -0.39 is 39.9 Å². The summed E-state index contributed by atoms with van der Waals surface area (Å²) in [5.74, 6) is -3.27. The molecule has 2 amide bonds. The summed E-state index contributed by atoms with van der Waals surface area (Å²) in [6.07, 6.45) is 0.0715. The molecule has 0 atom stereocenters. The molecule has 0 saturated carbocycles. The van der Waals surface area contributed by atoms with Gasteiger partial charge in [-0.2, -0.15) is 0 Å². The van der Waals surface area contributed by atoms with Gasteiger partial charge in [0.1, 0.15) is 17.9 Å². The van der Waals surface area contributed by atoms with Crippen LogP contribution < -0.4 is 10.0 Å². The fourth-order valence-corrected chi connectivity index (χ4v) is 4.51. The van der Waals surface area contributed by atoms with E-state index in [0.29, 0.717) is 0 Å². The van der Waals surface area contributed by atoms with Crippen molar-refractivity contribution in [1.29, 1.82) is 0 Å². The fraction of sp³-hybridized carbons (Fsp3) is 0.261. The molecule has 5 N–H and O–H groups in total. The summed E-state index contributed by atoms with van der Waals surface area (Å²) in [6, 6.07) is 13.4. The van der Waals surface area contributed by atoms with Gasteiger partial charge in [-0.3, -0.25) is 14.4 Å². The number of carbonyl (C=O) groups excluding carboxylic acids is 2. The molecule has 0 unspecified atom stereocenters. The van der Waals surface area contributed by atoms with Crippen LogP contribution in [0, 0.1) is 0 Å². The van der Waals surface area contributed by atoms with Crippen molar-refractivity contribution in [2.24, 2.45) is 0 Å². The van der Waals surface area contributed by atoms with Crippen LogP contribution in [0.4, 0.5) is 0 Å². The van der Waals surface area contributed by atoms with Crippen LogP contribution in [0.5, 0.6) is 0 Å². The van der Waals surface area contributed by atoms with Crippen LogP contribution in [0.3, 0.4) is 0 Å². The molecule has 1 aliphatic rings. The Morgan fingerprint density at radius 2 is 1.60 bits per heavy atom. The van der Waals surface area contributed by atoms with Crippen molar-refractivity contribution in [3.63, 3.8) is 0 Å². The van der Waals surface area contributed by atoms with Crippen molar-refractivity contribution in [2.75, 3.05) is 26.2 Å². The Hall–Kier alpha value is -3.74. The minimum atomic E-state index is -3.70. The first kappa shape index (κ1) is 25.9. The van der Waals surface area contributed by atoms with E-state index in [0.717, 1.165) is 16.7 Å². The second-order valence-electron chi connectivity index (χ2n) is 7.72. The number of amides is 2. The second kappa shape index (κ2) is 11.1. The summed E-state index contributed by atoms with van der Waals surface area (Å²) in [5, 5.41) is 29.6. The Balaban J connectivity index is 1.68. The predicted octanol–water partition coefficient (Wildman–Crippen LogP) is 0.369. The number of sulfonamides is 1. The lowest BCUT2D eigenvalue weighted by molar-refractivity contribution is -0.138. The molecule has 2 aromatic rings. The Morgan fingerprint density at radius 1 is 1.00 bits per heavy atom. The van der Waals surface area contributed by atoms with Gasteiger partial charge in [-0.05, 0) is 28.8 Å². The van der Waals surface area contributed by atoms with Crippen LogP contribution in [0.2, 0.25) is 0 Å². The van der Waals surface area contributed by atoms with Gasteiger partial charge in [-0.25, -0.2) is 13.1 Å². The number of nitrogens with one attached hydrogen (secondary N) is 2. The Bertz CT molecular complexity index is 1240. The molecule has 0 aliphatic carbocycles. The lowest BCUT2D eigenvalue weighted by Gasteiger charge is -2.28. The average Bonchev–Trinajstić information content (AvgIpc) is 2.84. The van der Waals surface area contributed by atoms with E-state index in [1.54, 1.807) is 24.3 Å². The summed E-state index contributed by atoms with van der Waals surface area (Å²) < 4.78 is 26.5. The summed E-state index contributed by atoms with van der Waals surface area (Å²) >= 11 is 0. The van der Waals surface area contributed by atoms with Gasteiger partial charge in [0, 0.05) is 26.1 Å². The molecule has 0 fully saturated rings. The summed E-state index contributed by atoms with van der Waals surface area (Å²) in [4.78, 5) is 37.0. The molecular weight excluding hydrogens is 478 g/mol. The highest BCUT2D eigenvalue weighted by Gasteiger charge is 2.32. The standard InChI is InChI=1S/C23H25N3O8S/c27-12-10-25-35(33,34)18-7-5-17(6-8-18)16-3-1-15(2-4-16)14-26-11-9-19(28)21(23(26)32)22(31)24-13-20(29)30/h1-8,25,27-28H,9-14H2,(H,24,31)(H,29,30). The van der Waals surface area contributed by atoms with Gasteiger partial charge >= 0.3 is 5.97 Å². The Kier molecular flexibility index (Phi) is 8.22. The third-order valence-electron chi connectivity index (χ3n) is 5.26. The van der Waals surface area contributed by atoms with Crippen LogP contribution in [0.1, 0.15) is 12.0 Å². The second-order valence-corrected chi connectivity index (χ2v) is 9.48. The molecule has 1 heterocycles. The number of hydrogen-bond acceptors (Lipinski definition) is 7. The first-order valence-corrected chi connectivity index (χ1v) is 12.1. The van der Waals surface area contributed by atoms with Crippen LogP contribution >= 0.6 is 0 Å². The van der Waals surface area contributed by atoms with E-state index in [2.05, 4.69) is 10.0 Å². The zero-order valence-corrected chi connectivity index (χ0v) is 19.4. The highest BCUT2D eigenvalue weighted by molar-refractivity contribution is 7.89. The van der Waals surface area contributed by atoms with Gasteiger partial charge < -0.3 is 25.5 Å². The average molecular weight is 504 g/mol. The first-order chi connectivity index (χ1) is 16.6.